The molecule has 2 bridgehead atoms. The van der Waals surface area contributed by atoms with Crippen LogP contribution in [-0.2, 0) is 7.05 Å². The molecule has 0 spiro atoms. The predicted octanol–water partition coefficient (Wildman–Crippen LogP) is 1.33. The number of amides is 1. The summed E-state index contributed by atoms with van der Waals surface area (Å²) >= 11 is 0. The first-order chi connectivity index (χ1) is 11.1. The Kier molecular flexibility index (Phi) is 3.76. The highest BCUT2D eigenvalue weighted by Crippen LogP contribution is 2.35. The van der Waals surface area contributed by atoms with Crippen LogP contribution in [0.25, 0.3) is 0 Å². The lowest BCUT2D eigenvalue weighted by atomic mass is 9.95. The fraction of sp³-hybridized carbons (Fsp3) is 0.667. The molecule has 1 amide bonds. The van der Waals surface area contributed by atoms with Crippen LogP contribution in [0, 0.1) is 11.8 Å². The number of carbonyl (C=O) groups excluding carboxylic acids is 1. The largest absolute Gasteiger partial charge is 0.337 e. The summed E-state index contributed by atoms with van der Waals surface area (Å²) < 4.78 is 1.49. The van der Waals surface area contributed by atoms with Gasteiger partial charge in [-0.25, -0.2) is 0 Å². The molecule has 5 rings (SSSR count). The van der Waals surface area contributed by atoms with Gasteiger partial charge >= 0.3 is 0 Å². The number of rotatable bonds is 3. The highest BCUT2D eigenvalue weighted by molar-refractivity contribution is 5.94. The van der Waals surface area contributed by atoms with Crippen molar-refractivity contribution < 1.29 is 4.79 Å². The van der Waals surface area contributed by atoms with Crippen molar-refractivity contribution in [1.82, 2.24) is 14.4 Å². The van der Waals surface area contributed by atoms with Crippen molar-refractivity contribution in [2.45, 2.75) is 31.7 Å². The van der Waals surface area contributed by atoms with Gasteiger partial charge in [0, 0.05) is 51.5 Å². The van der Waals surface area contributed by atoms with E-state index in [4.69, 9.17) is 0 Å². The third-order valence-electron chi connectivity index (χ3n) is 5.64. The van der Waals surface area contributed by atoms with Crippen LogP contribution in [0.4, 0.5) is 0 Å². The second-order valence-corrected chi connectivity index (χ2v) is 7.57. The number of piperidine rings is 1. The molecule has 4 heterocycles. The van der Waals surface area contributed by atoms with Crippen LogP contribution in [0.5, 0.6) is 0 Å². The summed E-state index contributed by atoms with van der Waals surface area (Å²) in [5.41, 5.74) is 0.551. The maximum atomic E-state index is 12.9. The quantitative estimate of drug-likeness (QED) is 0.845. The molecule has 1 aromatic rings. The molecule has 0 radical (unpaired) electrons. The molecular weight excluding hydrogens is 290 g/mol. The zero-order valence-electron chi connectivity index (χ0n) is 13.8. The van der Waals surface area contributed by atoms with E-state index in [2.05, 4.69) is 4.90 Å². The summed E-state index contributed by atoms with van der Waals surface area (Å²) in [6.45, 7) is 4.07. The number of aryl methyl sites for hydroxylation is 1. The molecule has 124 valence electrons. The lowest BCUT2D eigenvalue weighted by molar-refractivity contribution is 0.0736. The van der Waals surface area contributed by atoms with Gasteiger partial charge in [0.2, 0.25) is 5.56 Å². The molecular formula is C18H25N3O2. The Morgan fingerprint density at radius 3 is 2.70 bits per heavy atom. The number of fused-ring (bicyclic) bond motifs is 4. The summed E-state index contributed by atoms with van der Waals surface area (Å²) in [7, 11) is 1.70. The van der Waals surface area contributed by atoms with E-state index in [1.807, 2.05) is 4.90 Å². The Morgan fingerprint density at radius 2 is 1.96 bits per heavy atom. The molecule has 23 heavy (non-hydrogen) atoms. The van der Waals surface area contributed by atoms with E-state index in [9.17, 15) is 9.59 Å². The molecule has 3 saturated heterocycles. The van der Waals surface area contributed by atoms with Gasteiger partial charge in [-0.15, -0.1) is 0 Å². The van der Waals surface area contributed by atoms with Gasteiger partial charge in [-0.05, 0) is 43.6 Å². The smallest absolute Gasteiger partial charge is 0.255 e. The van der Waals surface area contributed by atoms with Crippen LogP contribution in [0.1, 0.15) is 36.0 Å². The number of hydrogen-bond acceptors (Lipinski definition) is 3. The molecule has 1 aromatic heterocycles. The third-order valence-corrected chi connectivity index (χ3v) is 5.64. The van der Waals surface area contributed by atoms with Crippen LogP contribution in [0.3, 0.4) is 0 Å². The maximum absolute atomic E-state index is 12.9. The SMILES string of the molecule is Cn1cc(C(=O)N2C[C@@H]3CC[C@H](C2)N(CC2CC2)C3)ccc1=O. The number of aromatic nitrogens is 1. The van der Waals surface area contributed by atoms with E-state index in [-0.39, 0.29) is 11.5 Å². The maximum Gasteiger partial charge on any atom is 0.255 e. The Labute approximate surface area is 136 Å². The Morgan fingerprint density at radius 1 is 1.13 bits per heavy atom. The fourth-order valence-electron chi connectivity index (χ4n) is 4.10. The normalized spacial score (nSPS) is 28.0. The van der Waals surface area contributed by atoms with Crippen molar-refractivity contribution in [2.75, 3.05) is 26.2 Å². The standard InChI is InChI=1S/C18H25N3O2/c1-19-11-15(5-7-17(19)22)18(23)21-10-14-4-6-16(12-21)20(9-14)8-13-2-3-13/h5,7,11,13-14,16H,2-4,6,8-10,12H2,1H3/t14-,16-/m1/s1. The van der Waals surface area contributed by atoms with Gasteiger partial charge in [0.1, 0.15) is 0 Å². The van der Waals surface area contributed by atoms with Crippen molar-refractivity contribution in [3.63, 3.8) is 0 Å². The summed E-state index contributed by atoms with van der Waals surface area (Å²) in [6, 6.07) is 3.67. The second-order valence-electron chi connectivity index (χ2n) is 7.57. The summed E-state index contributed by atoms with van der Waals surface area (Å²) in [4.78, 5) is 29.1. The first kappa shape index (κ1) is 14.9. The van der Waals surface area contributed by atoms with Crippen LogP contribution in [0.15, 0.2) is 23.1 Å². The molecule has 5 heteroatoms. The van der Waals surface area contributed by atoms with Crippen molar-refractivity contribution in [1.29, 1.82) is 0 Å². The summed E-state index contributed by atoms with van der Waals surface area (Å²) in [6.07, 6.45) is 6.89. The van der Waals surface area contributed by atoms with Crippen molar-refractivity contribution in [2.24, 2.45) is 18.9 Å². The molecule has 2 atom stereocenters. The third kappa shape index (κ3) is 3.07. The van der Waals surface area contributed by atoms with Crippen LogP contribution in [-0.4, -0.2) is 52.5 Å². The van der Waals surface area contributed by atoms with Crippen LogP contribution >= 0.6 is 0 Å². The first-order valence-electron chi connectivity index (χ1n) is 8.80. The molecule has 1 aliphatic carbocycles. The van der Waals surface area contributed by atoms with Gasteiger partial charge in [0.25, 0.3) is 5.91 Å². The van der Waals surface area contributed by atoms with E-state index in [1.54, 1.807) is 19.3 Å². The average molecular weight is 315 g/mol. The zero-order valence-corrected chi connectivity index (χ0v) is 13.8. The Hall–Kier alpha value is -1.62. The summed E-state index contributed by atoms with van der Waals surface area (Å²) in [5, 5.41) is 0. The fourth-order valence-corrected chi connectivity index (χ4v) is 4.10. The summed E-state index contributed by atoms with van der Waals surface area (Å²) in [5.74, 6) is 1.58. The predicted molar refractivity (Wildman–Crippen MR) is 88.4 cm³/mol. The van der Waals surface area contributed by atoms with Crippen molar-refractivity contribution in [3.05, 3.63) is 34.2 Å². The highest BCUT2D eigenvalue weighted by atomic mass is 16.2. The lowest BCUT2D eigenvalue weighted by Crippen LogP contribution is -2.45. The minimum absolute atomic E-state index is 0.0748. The number of pyridine rings is 1. The van der Waals surface area contributed by atoms with E-state index in [0.717, 1.165) is 25.6 Å². The van der Waals surface area contributed by atoms with Gasteiger partial charge in [-0.2, -0.15) is 0 Å². The van der Waals surface area contributed by atoms with Gasteiger partial charge in [-0.1, -0.05) is 0 Å². The molecule has 4 aliphatic rings. The molecule has 0 unspecified atom stereocenters. The highest BCUT2D eigenvalue weighted by Gasteiger charge is 2.38. The first-order valence-corrected chi connectivity index (χ1v) is 8.80. The lowest BCUT2D eigenvalue weighted by Gasteiger charge is -2.36. The number of nitrogens with zero attached hydrogens (tertiary/aromatic N) is 3. The minimum atomic E-state index is -0.0758. The van der Waals surface area contributed by atoms with Gasteiger partial charge in [0.05, 0.1) is 5.56 Å². The van der Waals surface area contributed by atoms with Gasteiger partial charge in [0.15, 0.2) is 0 Å². The molecule has 3 aliphatic heterocycles. The Bertz CT molecular complexity index is 664. The van der Waals surface area contributed by atoms with Gasteiger partial charge in [-0.3, -0.25) is 14.5 Å². The van der Waals surface area contributed by atoms with E-state index < -0.39 is 0 Å². The molecule has 0 N–H and O–H groups in total. The van der Waals surface area contributed by atoms with Crippen molar-refractivity contribution in [3.8, 4) is 0 Å². The van der Waals surface area contributed by atoms with Gasteiger partial charge < -0.3 is 9.47 Å². The minimum Gasteiger partial charge on any atom is -0.337 e. The van der Waals surface area contributed by atoms with E-state index in [0.29, 0.717) is 17.5 Å². The molecule has 4 fully saturated rings. The molecule has 5 nitrogen and oxygen atoms in total. The second kappa shape index (κ2) is 5.78. The Balaban J connectivity index is 1.51. The number of hydrogen-bond donors (Lipinski definition) is 0. The topological polar surface area (TPSA) is 45.6 Å². The van der Waals surface area contributed by atoms with E-state index >= 15 is 0 Å². The average Bonchev–Trinajstić information content (AvgIpc) is 3.37. The zero-order chi connectivity index (χ0) is 16.0. The van der Waals surface area contributed by atoms with E-state index in [1.165, 1.54) is 42.9 Å². The van der Waals surface area contributed by atoms with Crippen LogP contribution in [0.2, 0.25) is 0 Å². The monoisotopic (exact) mass is 315 g/mol. The van der Waals surface area contributed by atoms with Crippen LogP contribution < -0.4 is 5.56 Å². The molecule has 1 saturated carbocycles. The number of carbonyl (C=O) groups is 1. The van der Waals surface area contributed by atoms with Crippen molar-refractivity contribution >= 4 is 5.91 Å². The molecule has 0 aromatic carbocycles.